The maximum atomic E-state index is 6.03. The van der Waals surface area contributed by atoms with Crippen LogP contribution < -0.4 is 5.32 Å². The molecule has 0 aromatic carbocycles. The first-order valence-corrected chi connectivity index (χ1v) is 4.84. The highest BCUT2D eigenvalue weighted by atomic mass is 35.5. The average molecular weight is 209 g/mol. The summed E-state index contributed by atoms with van der Waals surface area (Å²) in [5.41, 5.74) is 0.861. The van der Waals surface area contributed by atoms with Crippen LogP contribution in [-0.2, 0) is 0 Å². The van der Waals surface area contributed by atoms with E-state index in [1.54, 1.807) is 6.20 Å². The molecule has 1 N–H and O–H groups in total. The molecule has 0 saturated carbocycles. The molecule has 0 fully saturated rings. The minimum Gasteiger partial charge on any atom is -0.311 e. The lowest BCUT2D eigenvalue weighted by molar-refractivity contribution is 0.594. The first kappa shape index (κ1) is 11.0. The second-order valence-corrected chi connectivity index (χ2v) is 3.25. The van der Waals surface area contributed by atoms with E-state index in [2.05, 4.69) is 22.1 Å². The molecule has 1 atom stereocenters. The van der Waals surface area contributed by atoms with E-state index in [0.29, 0.717) is 5.02 Å². The standard InChI is InChI=1S/C11H13ClN2/c1-3-4-7-10(13-2)11-9(12)6-5-8-14-11/h5-6,8,10,13H,7H2,1-2H3. The van der Waals surface area contributed by atoms with E-state index in [1.807, 2.05) is 26.1 Å². The fourth-order valence-electron chi connectivity index (χ4n) is 1.19. The number of halogens is 1. The SMILES string of the molecule is CC#CCC(NC)c1ncccc1Cl. The van der Waals surface area contributed by atoms with Crippen LogP contribution in [0.25, 0.3) is 0 Å². The summed E-state index contributed by atoms with van der Waals surface area (Å²) in [4.78, 5) is 4.24. The van der Waals surface area contributed by atoms with E-state index >= 15 is 0 Å². The third-order valence-electron chi connectivity index (χ3n) is 1.95. The first-order chi connectivity index (χ1) is 6.79. The van der Waals surface area contributed by atoms with Gasteiger partial charge in [0.1, 0.15) is 0 Å². The molecule has 0 radical (unpaired) electrons. The van der Waals surface area contributed by atoms with Gasteiger partial charge in [0.05, 0.1) is 16.8 Å². The van der Waals surface area contributed by atoms with Gasteiger partial charge in [-0.1, -0.05) is 11.6 Å². The van der Waals surface area contributed by atoms with E-state index in [0.717, 1.165) is 12.1 Å². The lowest BCUT2D eigenvalue weighted by Gasteiger charge is -2.13. The summed E-state index contributed by atoms with van der Waals surface area (Å²) >= 11 is 6.03. The van der Waals surface area contributed by atoms with Crippen molar-refractivity contribution in [2.45, 2.75) is 19.4 Å². The Labute approximate surface area is 89.7 Å². The molecule has 0 aliphatic heterocycles. The van der Waals surface area contributed by atoms with Crippen molar-refractivity contribution in [3.63, 3.8) is 0 Å². The monoisotopic (exact) mass is 208 g/mol. The molecule has 1 aromatic rings. The van der Waals surface area contributed by atoms with Crippen LogP contribution in [0.1, 0.15) is 25.1 Å². The number of rotatable bonds is 3. The number of pyridine rings is 1. The summed E-state index contributed by atoms with van der Waals surface area (Å²) in [7, 11) is 1.88. The molecule has 1 aromatic heterocycles. The molecule has 0 spiro atoms. The van der Waals surface area contributed by atoms with Crippen LogP contribution in [0.15, 0.2) is 18.3 Å². The zero-order chi connectivity index (χ0) is 10.4. The fraction of sp³-hybridized carbons (Fsp3) is 0.364. The average Bonchev–Trinajstić information content (AvgIpc) is 2.21. The molecule has 74 valence electrons. The van der Waals surface area contributed by atoms with Crippen LogP contribution in [0.2, 0.25) is 5.02 Å². The van der Waals surface area contributed by atoms with E-state index < -0.39 is 0 Å². The van der Waals surface area contributed by atoms with Gasteiger partial charge in [0.25, 0.3) is 0 Å². The van der Waals surface area contributed by atoms with Crippen molar-refractivity contribution in [3.05, 3.63) is 29.0 Å². The zero-order valence-electron chi connectivity index (χ0n) is 8.34. The van der Waals surface area contributed by atoms with Gasteiger partial charge in [0, 0.05) is 12.6 Å². The summed E-state index contributed by atoms with van der Waals surface area (Å²) in [6.07, 6.45) is 2.47. The summed E-state index contributed by atoms with van der Waals surface area (Å²) in [6.45, 7) is 1.83. The minimum atomic E-state index is 0.108. The predicted molar refractivity (Wildman–Crippen MR) is 59.1 cm³/mol. The number of aromatic nitrogens is 1. The van der Waals surface area contributed by atoms with E-state index in [1.165, 1.54) is 0 Å². The van der Waals surface area contributed by atoms with Gasteiger partial charge in [-0.2, -0.15) is 0 Å². The summed E-state index contributed by atoms with van der Waals surface area (Å²) in [5, 5.41) is 3.83. The van der Waals surface area contributed by atoms with Crippen molar-refractivity contribution >= 4 is 11.6 Å². The van der Waals surface area contributed by atoms with Crippen molar-refractivity contribution in [2.24, 2.45) is 0 Å². The molecule has 0 aliphatic carbocycles. The summed E-state index contributed by atoms with van der Waals surface area (Å²) in [5.74, 6) is 5.87. The second-order valence-electron chi connectivity index (χ2n) is 2.84. The highest BCUT2D eigenvalue weighted by Crippen LogP contribution is 2.21. The summed E-state index contributed by atoms with van der Waals surface area (Å²) in [6, 6.07) is 3.77. The number of nitrogens with one attached hydrogen (secondary N) is 1. The molecule has 1 unspecified atom stereocenters. The molecule has 0 saturated heterocycles. The van der Waals surface area contributed by atoms with Gasteiger partial charge in [-0.3, -0.25) is 4.98 Å². The first-order valence-electron chi connectivity index (χ1n) is 4.47. The number of nitrogens with zero attached hydrogens (tertiary/aromatic N) is 1. The summed E-state index contributed by atoms with van der Waals surface area (Å²) < 4.78 is 0. The number of hydrogen-bond donors (Lipinski definition) is 1. The Bertz CT molecular complexity index is 352. The third kappa shape index (κ3) is 2.73. The minimum absolute atomic E-state index is 0.108. The highest BCUT2D eigenvalue weighted by molar-refractivity contribution is 6.31. The lowest BCUT2D eigenvalue weighted by Crippen LogP contribution is -2.17. The van der Waals surface area contributed by atoms with Gasteiger partial charge < -0.3 is 5.32 Å². The Morgan fingerprint density at radius 1 is 1.64 bits per heavy atom. The molecular formula is C11H13ClN2. The van der Waals surface area contributed by atoms with Crippen LogP contribution >= 0.6 is 11.6 Å². The van der Waals surface area contributed by atoms with Gasteiger partial charge >= 0.3 is 0 Å². The van der Waals surface area contributed by atoms with Crippen molar-refractivity contribution in [2.75, 3.05) is 7.05 Å². The third-order valence-corrected chi connectivity index (χ3v) is 2.27. The highest BCUT2D eigenvalue weighted by Gasteiger charge is 2.12. The molecule has 2 nitrogen and oxygen atoms in total. The smallest absolute Gasteiger partial charge is 0.0768 e. The van der Waals surface area contributed by atoms with Crippen LogP contribution in [0.5, 0.6) is 0 Å². The molecule has 14 heavy (non-hydrogen) atoms. The van der Waals surface area contributed by atoms with Crippen LogP contribution in [0, 0.1) is 11.8 Å². The Morgan fingerprint density at radius 3 is 3.00 bits per heavy atom. The van der Waals surface area contributed by atoms with Crippen molar-refractivity contribution < 1.29 is 0 Å². The molecule has 1 heterocycles. The molecule has 1 rings (SSSR count). The van der Waals surface area contributed by atoms with Gasteiger partial charge in [-0.15, -0.1) is 11.8 Å². The fourth-order valence-corrected chi connectivity index (χ4v) is 1.45. The Kier molecular flexibility index (Phi) is 4.45. The van der Waals surface area contributed by atoms with Gasteiger partial charge in [-0.05, 0) is 26.1 Å². The number of hydrogen-bond acceptors (Lipinski definition) is 2. The van der Waals surface area contributed by atoms with E-state index in [9.17, 15) is 0 Å². The quantitative estimate of drug-likeness (QED) is 0.772. The van der Waals surface area contributed by atoms with Crippen molar-refractivity contribution in [1.29, 1.82) is 0 Å². The van der Waals surface area contributed by atoms with Crippen LogP contribution in [-0.4, -0.2) is 12.0 Å². The largest absolute Gasteiger partial charge is 0.311 e. The van der Waals surface area contributed by atoms with Crippen LogP contribution in [0.3, 0.4) is 0 Å². The molecule has 3 heteroatoms. The molecule has 0 amide bonds. The van der Waals surface area contributed by atoms with Crippen molar-refractivity contribution in [3.8, 4) is 11.8 Å². The predicted octanol–water partition coefficient (Wildman–Crippen LogP) is 2.41. The normalized spacial score (nSPS) is 11.6. The maximum Gasteiger partial charge on any atom is 0.0768 e. The Hall–Kier alpha value is -1.04. The van der Waals surface area contributed by atoms with E-state index in [4.69, 9.17) is 11.6 Å². The lowest BCUT2D eigenvalue weighted by atomic mass is 10.1. The topological polar surface area (TPSA) is 24.9 Å². The maximum absolute atomic E-state index is 6.03. The van der Waals surface area contributed by atoms with E-state index in [-0.39, 0.29) is 6.04 Å². The molecule has 0 bridgehead atoms. The van der Waals surface area contributed by atoms with Gasteiger partial charge in [-0.25, -0.2) is 0 Å². The van der Waals surface area contributed by atoms with Crippen molar-refractivity contribution in [1.82, 2.24) is 10.3 Å². The Balaban J connectivity index is 2.87. The second kappa shape index (κ2) is 5.64. The van der Waals surface area contributed by atoms with Gasteiger partial charge in [0.2, 0.25) is 0 Å². The molecular weight excluding hydrogens is 196 g/mol. The zero-order valence-corrected chi connectivity index (χ0v) is 9.10. The van der Waals surface area contributed by atoms with Crippen LogP contribution in [0.4, 0.5) is 0 Å². The van der Waals surface area contributed by atoms with Gasteiger partial charge in [0.15, 0.2) is 0 Å². The Morgan fingerprint density at radius 2 is 2.43 bits per heavy atom. The molecule has 0 aliphatic rings.